The van der Waals surface area contributed by atoms with Crippen LogP contribution in [0.1, 0.15) is 0 Å². The maximum atomic E-state index is 2.45. The summed E-state index contributed by atoms with van der Waals surface area (Å²) in [6, 6.07) is 166. The van der Waals surface area contributed by atoms with Crippen molar-refractivity contribution in [2.75, 3.05) is 9.80 Å². The first-order valence-electron chi connectivity index (χ1n) is 40.7. The highest BCUT2D eigenvalue weighted by atomic mass is 15.2. The summed E-state index contributed by atoms with van der Waals surface area (Å²) < 4.78 is 4.82. The van der Waals surface area contributed by atoms with E-state index in [1.807, 2.05) is 0 Å². The van der Waals surface area contributed by atoms with Crippen LogP contribution >= 0.6 is 0 Å². The molecule has 0 radical (unpaired) electrons. The van der Waals surface area contributed by atoms with Crippen LogP contribution in [0.5, 0.6) is 0 Å². The second-order valence-corrected chi connectivity index (χ2v) is 31.0. The molecule has 0 spiro atoms. The fourth-order valence-electron chi connectivity index (χ4n) is 18.9. The van der Waals surface area contributed by atoms with Gasteiger partial charge in [-0.25, -0.2) is 0 Å². The van der Waals surface area contributed by atoms with Gasteiger partial charge in [-0.05, 0) is 253 Å². The molecule has 0 saturated carbocycles. The highest BCUT2D eigenvalue weighted by Gasteiger charge is 2.24. The molecule has 0 aliphatic carbocycles. The Balaban J connectivity index is 0.573. The summed E-state index contributed by atoms with van der Waals surface area (Å²) in [5.74, 6) is 0. The van der Waals surface area contributed by atoms with E-state index in [1.165, 1.54) is 136 Å². The van der Waals surface area contributed by atoms with Crippen LogP contribution in [0.25, 0.3) is 186 Å². The Kier molecular flexibility index (Phi) is 16.2. The number of anilines is 6. The molecule has 21 aromatic carbocycles. The summed E-state index contributed by atoms with van der Waals surface area (Å²) in [6.45, 7) is 0. The molecule has 23 aromatic rings. The third-order valence-corrected chi connectivity index (χ3v) is 24.5. The van der Waals surface area contributed by atoms with E-state index < -0.39 is 0 Å². The van der Waals surface area contributed by atoms with Crippen LogP contribution in [-0.4, -0.2) is 9.13 Å². The quantitative estimate of drug-likeness (QED) is 0.101. The summed E-state index contributed by atoms with van der Waals surface area (Å²) in [6.07, 6.45) is 0. The van der Waals surface area contributed by atoms with Gasteiger partial charge in [0.15, 0.2) is 0 Å². The second kappa shape index (κ2) is 28.2. The van der Waals surface area contributed by atoms with Crippen molar-refractivity contribution in [2.45, 2.75) is 0 Å². The highest BCUT2D eigenvalue weighted by molar-refractivity contribution is 6.16. The van der Waals surface area contributed by atoms with Crippen molar-refractivity contribution in [3.8, 4) is 78.1 Å². The van der Waals surface area contributed by atoms with Gasteiger partial charge in [0.2, 0.25) is 0 Å². The average Bonchev–Trinajstić information content (AvgIpc) is 1.47. The molecule has 4 nitrogen and oxygen atoms in total. The molecule has 0 amide bonds. The fourth-order valence-corrected chi connectivity index (χ4v) is 18.9. The van der Waals surface area contributed by atoms with E-state index >= 15 is 0 Å². The summed E-state index contributed by atoms with van der Waals surface area (Å²) >= 11 is 0. The zero-order valence-electron chi connectivity index (χ0n) is 64.5. The molecule has 0 N–H and O–H groups in total. The Morgan fingerprint density at radius 1 is 0.144 bits per heavy atom. The van der Waals surface area contributed by atoms with Gasteiger partial charge in [0.05, 0.1) is 27.8 Å². The van der Waals surface area contributed by atoms with E-state index in [9.17, 15) is 0 Å². The minimum absolute atomic E-state index is 1.07. The maximum absolute atomic E-state index is 2.45. The number of rotatable bonds is 14. The minimum Gasteiger partial charge on any atom is -0.310 e. The van der Waals surface area contributed by atoms with Gasteiger partial charge in [-0.2, -0.15) is 0 Å². The molecule has 0 fully saturated rings. The summed E-state index contributed by atoms with van der Waals surface area (Å²) in [5, 5.41) is 19.7. The third kappa shape index (κ3) is 11.5. The zero-order valence-corrected chi connectivity index (χ0v) is 64.5. The van der Waals surface area contributed by atoms with Crippen LogP contribution in [0.15, 0.2) is 449 Å². The van der Waals surface area contributed by atoms with Crippen LogP contribution < -0.4 is 9.80 Å². The molecular formula is C114H74N4. The molecule has 0 atom stereocenters. The first-order chi connectivity index (χ1) is 58.5. The lowest BCUT2D eigenvalue weighted by molar-refractivity contribution is 1.17. The average molecular weight is 1500 g/mol. The van der Waals surface area contributed by atoms with E-state index in [0.717, 1.165) is 84.3 Å². The largest absolute Gasteiger partial charge is 0.310 e. The lowest BCUT2D eigenvalue weighted by Crippen LogP contribution is -2.11. The van der Waals surface area contributed by atoms with Gasteiger partial charge >= 0.3 is 0 Å². The maximum Gasteiger partial charge on any atom is 0.0541 e. The van der Waals surface area contributed by atoms with Gasteiger partial charge in [-0.3, -0.25) is 0 Å². The smallest absolute Gasteiger partial charge is 0.0541 e. The van der Waals surface area contributed by atoms with E-state index in [1.54, 1.807) is 0 Å². The van der Waals surface area contributed by atoms with Crippen LogP contribution in [0.3, 0.4) is 0 Å². The monoisotopic (exact) mass is 1500 g/mol. The normalized spacial score (nSPS) is 11.7. The Hall–Kier alpha value is -15.6. The van der Waals surface area contributed by atoms with Gasteiger partial charge < -0.3 is 18.9 Å². The van der Waals surface area contributed by atoms with Crippen molar-refractivity contribution in [2.24, 2.45) is 0 Å². The number of nitrogens with zero attached hydrogens (tertiary/aromatic N) is 4. The van der Waals surface area contributed by atoms with Crippen molar-refractivity contribution in [1.82, 2.24) is 9.13 Å². The number of hydrogen-bond acceptors (Lipinski definition) is 2. The SMILES string of the molecule is c1cc(-c2cccc3ccccc23)cc(N(c2ccc(-c3cccc4c3ccc3ccc(-c5ccc(-n6c7ccccc7c7cc(-c8ccccc8N(c8ccc(-c9cccc%10c9ccc9ccccc9%10)cc8)c8cccc(-c9cccc%10ccccc9%10)c8)ccc76)cc5)cc34)cc2)c2ccc(-n3c4ccccc4c4ccccc43)cc2)c1. The third-order valence-electron chi connectivity index (χ3n) is 24.5. The number of benzene rings is 21. The van der Waals surface area contributed by atoms with Crippen molar-refractivity contribution >= 4 is 142 Å². The molecule has 0 aliphatic heterocycles. The van der Waals surface area contributed by atoms with Crippen molar-refractivity contribution < 1.29 is 0 Å². The van der Waals surface area contributed by atoms with E-state index in [-0.39, 0.29) is 0 Å². The lowest BCUT2D eigenvalue weighted by atomic mass is 9.93. The first kappa shape index (κ1) is 68.0. The Morgan fingerprint density at radius 3 is 1.03 bits per heavy atom. The number of fused-ring (bicyclic) bond motifs is 14. The molecule has 4 heteroatoms. The van der Waals surface area contributed by atoms with Gasteiger partial charge in [-0.1, -0.05) is 322 Å². The Bertz CT molecular complexity index is 7860. The van der Waals surface area contributed by atoms with Gasteiger partial charge in [0.25, 0.3) is 0 Å². The van der Waals surface area contributed by atoms with Gasteiger partial charge in [-0.15, -0.1) is 0 Å². The molecule has 118 heavy (non-hydrogen) atoms. The Labute approximate surface area is 683 Å². The number of hydrogen-bond donors (Lipinski definition) is 0. The summed E-state index contributed by atoms with van der Waals surface area (Å²) in [4.78, 5) is 4.85. The number of aromatic nitrogens is 2. The topological polar surface area (TPSA) is 16.3 Å². The fraction of sp³-hybridized carbons (Fsp3) is 0. The zero-order chi connectivity index (χ0) is 77.7. The predicted octanol–water partition coefficient (Wildman–Crippen LogP) is 31.7. The molecule has 0 bridgehead atoms. The van der Waals surface area contributed by atoms with E-state index in [4.69, 9.17) is 0 Å². The van der Waals surface area contributed by atoms with E-state index in [0.29, 0.717) is 0 Å². The predicted molar refractivity (Wildman–Crippen MR) is 502 cm³/mol. The molecule has 0 unspecified atom stereocenters. The van der Waals surface area contributed by atoms with Crippen LogP contribution in [-0.2, 0) is 0 Å². The van der Waals surface area contributed by atoms with Crippen LogP contribution in [0.4, 0.5) is 34.1 Å². The van der Waals surface area contributed by atoms with Crippen molar-refractivity contribution in [1.29, 1.82) is 0 Å². The van der Waals surface area contributed by atoms with Crippen molar-refractivity contribution in [3.05, 3.63) is 449 Å². The molecule has 2 aromatic heterocycles. The second-order valence-electron chi connectivity index (χ2n) is 31.0. The number of para-hydroxylation sites is 4. The minimum atomic E-state index is 1.07. The first-order valence-corrected chi connectivity index (χ1v) is 40.7. The molecule has 2 heterocycles. The van der Waals surface area contributed by atoms with Crippen LogP contribution in [0.2, 0.25) is 0 Å². The van der Waals surface area contributed by atoms with Gasteiger partial charge in [0, 0.05) is 66.9 Å². The van der Waals surface area contributed by atoms with Crippen molar-refractivity contribution in [3.63, 3.8) is 0 Å². The molecule has 550 valence electrons. The molecule has 0 saturated heterocycles. The molecular weight excluding hydrogens is 1430 g/mol. The molecule has 23 rings (SSSR count). The Morgan fingerprint density at radius 2 is 0.475 bits per heavy atom. The van der Waals surface area contributed by atoms with Crippen LogP contribution in [0, 0.1) is 0 Å². The highest BCUT2D eigenvalue weighted by Crippen LogP contribution is 2.48. The van der Waals surface area contributed by atoms with E-state index in [2.05, 4.69) is 468 Å². The molecule has 0 aliphatic rings. The van der Waals surface area contributed by atoms with Gasteiger partial charge in [0.1, 0.15) is 0 Å². The standard InChI is InChI=1S/C114H74N4/c1-4-30-93-76(21-1)24-17-37-98(93)83-26-15-28-91(71-83)115(87-64-66-90(67-65-87)117-111-44-12-8-34-105(111)106-35-9-13-45-112(106)117)86-60-51-79(52-61-86)97-40-20-42-102-104(97)69-56-81-47-48-82(73-108(81)102)75-49-58-89(59-50-75)118-113-46-14-10-36-107(113)109-74-85(57-70-114(109)118)100-33-7-11-43-110(100)116(92-29-16-27-84(72-92)99-38-18-25-77-22-2-5-31-94(77)99)88-62-53-80(54-63-88)96-39-19-41-101-95-32-6-3-23-78(95)55-68-103(96)101/h1-74H. The summed E-state index contributed by atoms with van der Waals surface area (Å²) in [5.41, 5.74) is 27.4. The lowest BCUT2D eigenvalue weighted by Gasteiger charge is -2.28. The summed E-state index contributed by atoms with van der Waals surface area (Å²) in [7, 11) is 0.